The number of benzene rings is 3. The predicted molar refractivity (Wildman–Crippen MR) is 203 cm³/mol. The third-order valence-electron chi connectivity index (χ3n) is 8.57. The van der Waals surface area contributed by atoms with Crippen LogP contribution in [0.4, 0.5) is 20.0 Å². The maximum absolute atomic E-state index is 15.2. The number of anilines is 2. The Morgan fingerprint density at radius 2 is 1.39 bits per heavy atom. The Balaban J connectivity index is 1.50. The molecule has 6 nitrogen and oxygen atoms in total. The lowest BCUT2D eigenvalue weighted by molar-refractivity contribution is 0.480. The van der Waals surface area contributed by atoms with Crippen LogP contribution in [-0.4, -0.2) is 55.9 Å². The van der Waals surface area contributed by atoms with Gasteiger partial charge >= 0.3 is 7.40 Å². The van der Waals surface area contributed by atoms with Gasteiger partial charge in [0.05, 0.1) is 17.1 Å². The number of aryl methyl sites for hydroxylation is 1. The van der Waals surface area contributed by atoms with Crippen LogP contribution in [0.3, 0.4) is 0 Å². The zero-order valence-corrected chi connectivity index (χ0v) is 28.5. The van der Waals surface area contributed by atoms with E-state index in [0.29, 0.717) is 45.1 Å². The second-order valence-electron chi connectivity index (χ2n) is 12.5. The molecule has 0 saturated carbocycles. The standard InChI is InChI=1S/C40H38BF2N5O/c1-26-24-31(17-10-28-11-18-32(19-12-28)46(3)4)44-38(26)37(35-23-16-30-8-7-9-36(49)39(30)45-35)40-27(2)25-34(48(40)41(42)43)22-15-29-13-20-33(21-14-29)47(5)6/h7-25,49H,1-6H3/b17-10+,22-15+,38-37-. The number of phenols is 1. The highest BCUT2D eigenvalue weighted by Crippen LogP contribution is 2.38. The van der Waals surface area contributed by atoms with Crippen LogP contribution in [0.5, 0.6) is 5.75 Å². The number of halogens is 2. The molecule has 2 aromatic heterocycles. The van der Waals surface area contributed by atoms with Crippen molar-refractivity contribution in [3.63, 3.8) is 0 Å². The molecule has 246 valence electrons. The van der Waals surface area contributed by atoms with Crippen molar-refractivity contribution < 1.29 is 13.7 Å². The molecule has 0 bridgehead atoms. The van der Waals surface area contributed by atoms with E-state index < -0.39 is 7.40 Å². The van der Waals surface area contributed by atoms with Gasteiger partial charge in [-0.25, -0.2) is 9.98 Å². The number of phenolic OH excluding ortho intramolecular Hbond substituents is 1. The van der Waals surface area contributed by atoms with E-state index in [9.17, 15) is 5.11 Å². The molecule has 0 aliphatic carbocycles. The first-order valence-corrected chi connectivity index (χ1v) is 16.0. The summed E-state index contributed by atoms with van der Waals surface area (Å²) in [6.07, 6.45) is 9.40. The molecule has 49 heavy (non-hydrogen) atoms. The number of pyridine rings is 1. The van der Waals surface area contributed by atoms with E-state index in [1.807, 2.05) is 137 Å². The van der Waals surface area contributed by atoms with Crippen LogP contribution in [0.15, 0.2) is 113 Å². The van der Waals surface area contributed by atoms with Gasteiger partial charge in [0.15, 0.2) is 0 Å². The number of hydrogen-bond acceptors (Lipinski definition) is 5. The van der Waals surface area contributed by atoms with Crippen LogP contribution >= 0.6 is 0 Å². The summed E-state index contributed by atoms with van der Waals surface area (Å²) in [5.74, 6) is 0.0136. The summed E-state index contributed by atoms with van der Waals surface area (Å²) in [7, 11) is 5.09. The van der Waals surface area contributed by atoms with Crippen LogP contribution in [0.2, 0.25) is 0 Å². The van der Waals surface area contributed by atoms with E-state index in [-0.39, 0.29) is 5.75 Å². The average Bonchev–Trinajstić information content (AvgIpc) is 3.62. The third kappa shape index (κ3) is 6.97. The zero-order valence-electron chi connectivity index (χ0n) is 28.5. The van der Waals surface area contributed by atoms with E-state index >= 15 is 8.63 Å². The van der Waals surface area contributed by atoms with Crippen LogP contribution in [0.25, 0.3) is 34.7 Å². The molecule has 3 aromatic carbocycles. The molecule has 5 aromatic rings. The quantitative estimate of drug-likeness (QED) is 0.161. The van der Waals surface area contributed by atoms with E-state index in [4.69, 9.17) is 9.98 Å². The zero-order chi connectivity index (χ0) is 34.8. The topological polar surface area (TPSA) is 56.9 Å². The fourth-order valence-corrected chi connectivity index (χ4v) is 5.97. The minimum absolute atomic E-state index is 0.0136. The average molecular weight is 654 g/mol. The Morgan fingerprint density at radius 3 is 1.98 bits per heavy atom. The van der Waals surface area contributed by atoms with Gasteiger partial charge in [0.2, 0.25) is 0 Å². The smallest absolute Gasteiger partial charge is 0.506 e. The normalized spacial score (nSPS) is 14.1. The molecule has 0 unspecified atom stereocenters. The van der Waals surface area contributed by atoms with Crippen molar-refractivity contribution in [1.29, 1.82) is 0 Å². The lowest BCUT2D eigenvalue weighted by Gasteiger charge is -2.16. The van der Waals surface area contributed by atoms with Gasteiger partial charge in [0, 0.05) is 61.9 Å². The van der Waals surface area contributed by atoms with E-state index in [1.165, 1.54) is 0 Å². The Kier molecular flexibility index (Phi) is 9.36. The SMILES string of the molecule is CC1=CC(/C=C/c2ccc(N(C)C)cc2)=NC/1=C(/c1ccc2cccc(O)c2n1)c1c(C)cc(/C=C/c2ccc(N(C)C)cc2)n1B(F)F. The number of aromatic hydroxyl groups is 1. The maximum Gasteiger partial charge on any atom is 0.678 e. The number of aliphatic imine (C=N–C) groups is 1. The largest absolute Gasteiger partial charge is 0.678 e. The Morgan fingerprint density at radius 1 is 0.776 bits per heavy atom. The first-order valence-electron chi connectivity index (χ1n) is 16.0. The number of para-hydroxylation sites is 1. The predicted octanol–water partition coefficient (Wildman–Crippen LogP) is 9.00. The van der Waals surface area contributed by atoms with Gasteiger partial charge in [-0.05, 0) is 96.8 Å². The van der Waals surface area contributed by atoms with Crippen LogP contribution in [0, 0.1) is 6.92 Å². The maximum atomic E-state index is 15.2. The lowest BCUT2D eigenvalue weighted by atomic mass is 9.97. The molecule has 6 rings (SSSR count). The molecular formula is C40H38BF2N5O. The minimum atomic E-state index is -2.84. The van der Waals surface area contributed by atoms with Gasteiger partial charge in [-0.3, -0.25) is 8.63 Å². The summed E-state index contributed by atoms with van der Waals surface area (Å²) >= 11 is 0. The first kappa shape index (κ1) is 33.2. The summed E-state index contributed by atoms with van der Waals surface area (Å²) in [5.41, 5.74) is 8.71. The molecular weight excluding hydrogens is 615 g/mol. The van der Waals surface area contributed by atoms with E-state index in [1.54, 1.807) is 30.3 Å². The lowest BCUT2D eigenvalue weighted by Crippen LogP contribution is -2.18. The van der Waals surface area contributed by atoms with Gasteiger partial charge < -0.3 is 19.4 Å². The van der Waals surface area contributed by atoms with Crippen molar-refractivity contribution in [1.82, 2.24) is 9.46 Å². The molecule has 0 saturated heterocycles. The Bertz CT molecular complexity index is 2170. The minimum Gasteiger partial charge on any atom is -0.506 e. The fraction of sp³-hybridized carbons (Fsp3) is 0.150. The fourth-order valence-electron chi connectivity index (χ4n) is 5.97. The molecule has 0 fully saturated rings. The molecule has 0 amide bonds. The van der Waals surface area contributed by atoms with Gasteiger partial charge in [0.1, 0.15) is 11.3 Å². The Hall–Kier alpha value is -5.70. The van der Waals surface area contributed by atoms with Crippen molar-refractivity contribution in [2.45, 2.75) is 13.8 Å². The highest BCUT2D eigenvalue weighted by Gasteiger charge is 2.30. The van der Waals surface area contributed by atoms with Crippen LogP contribution in [-0.2, 0) is 0 Å². The molecule has 1 aliphatic heterocycles. The van der Waals surface area contributed by atoms with Crippen molar-refractivity contribution >= 4 is 59.2 Å². The molecule has 1 aliphatic rings. The molecule has 9 heteroatoms. The molecule has 3 heterocycles. The molecule has 0 atom stereocenters. The second kappa shape index (κ2) is 13.8. The first-order chi connectivity index (χ1) is 23.5. The highest BCUT2D eigenvalue weighted by atomic mass is 19.2. The second-order valence-corrected chi connectivity index (χ2v) is 12.5. The number of aromatic nitrogens is 2. The van der Waals surface area contributed by atoms with Gasteiger partial charge in [0.25, 0.3) is 0 Å². The number of allylic oxidation sites excluding steroid dienone is 3. The van der Waals surface area contributed by atoms with Gasteiger partial charge in [-0.1, -0.05) is 54.6 Å². The summed E-state index contributed by atoms with van der Waals surface area (Å²) in [4.78, 5) is 13.9. The number of nitrogens with zero attached hydrogens (tertiary/aromatic N) is 5. The van der Waals surface area contributed by atoms with Crippen molar-refractivity contribution in [3.05, 3.63) is 142 Å². The van der Waals surface area contributed by atoms with Crippen molar-refractivity contribution in [3.8, 4) is 5.75 Å². The van der Waals surface area contributed by atoms with E-state index in [0.717, 1.165) is 37.9 Å². The Labute approximate surface area is 286 Å². The van der Waals surface area contributed by atoms with Gasteiger partial charge in [-0.2, -0.15) is 0 Å². The number of hydrogen-bond donors (Lipinski definition) is 1. The van der Waals surface area contributed by atoms with Crippen LogP contribution in [0.1, 0.15) is 40.7 Å². The monoisotopic (exact) mass is 653 g/mol. The van der Waals surface area contributed by atoms with E-state index in [2.05, 4.69) is 0 Å². The highest BCUT2D eigenvalue weighted by molar-refractivity contribution is 6.42. The summed E-state index contributed by atoms with van der Waals surface area (Å²) in [6, 6.07) is 26.7. The third-order valence-corrected chi connectivity index (χ3v) is 8.57. The number of rotatable bonds is 9. The molecule has 1 N–H and O–H groups in total. The number of fused-ring (bicyclic) bond motifs is 1. The molecule has 0 radical (unpaired) electrons. The van der Waals surface area contributed by atoms with Crippen molar-refractivity contribution in [2.24, 2.45) is 4.99 Å². The molecule has 0 spiro atoms. The summed E-state index contributed by atoms with van der Waals surface area (Å²) < 4.78 is 31.4. The van der Waals surface area contributed by atoms with Crippen molar-refractivity contribution in [2.75, 3.05) is 38.0 Å². The summed E-state index contributed by atoms with van der Waals surface area (Å²) in [6.45, 7) is 3.75. The van der Waals surface area contributed by atoms with Gasteiger partial charge in [-0.15, -0.1) is 0 Å². The summed E-state index contributed by atoms with van der Waals surface area (Å²) in [5, 5.41) is 11.4. The van der Waals surface area contributed by atoms with Crippen LogP contribution < -0.4 is 9.80 Å².